The molecule has 0 bridgehead atoms. The van der Waals surface area contributed by atoms with Gasteiger partial charge in [-0.25, -0.2) is 8.42 Å². The van der Waals surface area contributed by atoms with E-state index in [1.165, 1.54) is 11.0 Å². The third kappa shape index (κ3) is 2.89. The number of carbonyl (C=O) groups is 1. The molecule has 2 rings (SSSR count). The van der Waals surface area contributed by atoms with E-state index < -0.39 is 9.84 Å². The standard InChI is InChI=1S/C13H17NO4S/c1-9-3-4-11(12(15)7-9)13(16)14(2)10-5-6-19(17,18)8-10/h3-4,7,10,15H,5-6,8H2,1-2H3. The summed E-state index contributed by atoms with van der Waals surface area (Å²) in [6.07, 6.45) is 0.456. The number of phenols is 1. The first-order valence-electron chi connectivity index (χ1n) is 6.07. The van der Waals surface area contributed by atoms with E-state index in [1.54, 1.807) is 19.2 Å². The van der Waals surface area contributed by atoms with Gasteiger partial charge < -0.3 is 10.0 Å². The molecule has 1 aromatic carbocycles. The minimum atomic E-state index is -3.03. The number of aromatic hydroxyl groups is 1. The number of hydrogen-bond donors (Lipinski definition) is 1. The van der Waals surface area contributed by atoms with E-state index in [-0.39, 0.29) is 34.8 Å². The van der Waals surface area contributed by atoms with Gasteiger partial charge in [-0.15, -0.1) is 0 Å². The second-order valence-corrected chi connectivity index (χ2v) is 7.22. The minimum absolute atomic E-state index is 0.00185. The maximum absolute atomic E-state index is 12.2. The maximum Gasteiger partial charge on any atom is 0.257 e. The molecule has 1 aliphatic rings. The molecule has 1 fully saturated rings. The van der Waals surface area contributed by atoms with Crippen LogP contribution < -0.4 is 0 Å². The second kappa shape index (κ2) is 4.85. The Morgan fingerprint density at radius 2 is 2.11 bits per heavy atom. The average molecular weight is 283 g/mol. The second-order valence-electron chi connectivity index (χ2n) is 4.99. The summed E-state index contributed by atoms with van der Waals surface area (Å²) < 4.78 is 22.9. The molecule has 6 heteroatoms. The van der Waals surface area contributed by atoms with Crippen molar-refractivity contribution >= 4 is 15.7 Å². The topological polar surface area (TPSA) is 74.7 Å². The molecule has 1 unspecified atom stereocenters. The number of hydrogen-bond acceptors (Lipinski definition) is 4. The summed E-state index contributed by atoms with van der Waals surface area (Å²) in [5.74, 6) is -0.297. The molecule has 0 spiro atoms. The lowest BCUT2D eigenvalue weighted by molar-refractivity contribution is 0.0744. The summed E-state index contributed by atoms with van der Waals surface area (Å²) in [6.45, 7) is 1.82. The van der Waals surface area contributed by atoms with Crippen LogP contribution in [0, 0.1) is 6.92 Å². The highest BCUT2D eigenvalue weighted by Crippen LogP contribution is 2.23. The molecular formula is C13H17NO4S. The Morgan fingerprint density at radius 3 is 2.63 bits per heavy atom. The third-order valence-electron chi connectivity index (χ3n) is 3.46. The van der Waals surface area contributed by atoms with Gasteiger partial charge in [-0.1, -0.05) is 6.07 Å². The summed E-state index contributed by atoms with van der Waals surface area (Å²) in [5.41, 5.74) is 1.07. The first-order valence-corrected chi connectivity index (χ1v) is 7.89. The summed E-state index contributed by atoms with van der Waals surface area (Å²) >= 11 is 0. The van der Waals surface area contributed by atoms with Gasteiger partial charge in [-0.3, -0.25) is 4.79 Å². The van der Waals surface area contributed by atoms with Crippen LogP contribution >= 0.6 is 0 Å². The van der Waals surface area contributed by atoms with Gasteiger partial charge in [0.15, 0.2) is 9.84 Å². The van der Waals surface area contributed by atoms with Crippen molar-refractivity contribution < 1.29 is 18.3 Å². The Labute approximate surface area is 112 Å². The SMILES string of the molecule is Cc1ccc(C(=O)N(C)C2CCS(=O)(=O)C2)c(O)c1. The van der Waals surface area contributed by atoms with Crippen molar-refractivity contribution in [1.82, 2.24) is 4.90 Å². The molecule has 1 N–H and O–H groups in total. The largest absolute Gasteiger partial charge is 0.507 e. The zero-order chi connectivity index (χ0) is 14.2. The Hall–Kier alpha value is -1.56. The van der Waals surface area contributed by atoms with Crippen LogP contribution in [0.15, 0.2) is 18.2 Å². The Bertz CT molecular complexity index is 609. The van der Waals surface area contributed by atoms with Crippen LogP contribution in [0.5, 0.6) is 5.75 Å². The van der Waals surface area contributed by atoms with Crippen molar-refractivity contribution in [3.05, 3.63) is 29.3 Å². The molecule has 0 aliphatic carbocycles. The first kappa shape index (κ1) is 13.9. The fourth-order valence-electron chi connectivity index (χ4n) is 2.26. The van der Waals surface area contributed by atoms with E-state index in [0.717, 1.165) is 5.56 Å². The highest BCUT2D eigenvalue weighted by atomic mass is 32.2. The van der Waals surface area contributed by atoms with Gasteiger partial charge in [0.25, 0.3) is 5.91 Å². The zero-order valence-corrected chi connectivity index (χ0v) is 11.8. The van der Waals surface area contributed by atoms with Gasteiger partial charge in [0.2, 0.25) is 0 Å². The monoisotopic (exact) mass is 283 g/mol. The fraction of sp³-hybridized carbons (Fsp3) is 0.462. The van der Waals surface area contributed by atoms with Crippen molar-refractivity contribution in [2.45, 2.75) is 19.4 Å². The summed E-state index contributed by atoms with van der Waals surface area (Å²) in [4.78, 5) is 13.7. The number of phenolic OH excluding ortho intramolecular Hbond substituents is 1. The highest BCUT2D eigenvalue weighted by molar-refractivity contribution is 7.91. The number of rotatable bonds is 2. The number of amides is 1. The van der Waals surface area contributed by atoms with E-state index in [1.807, 2.05) is 6.92 Å². The molecule has 1 amide bonds. The van der Waals surface area contributed by atoms with Gasteiger partial charge in [-0.05, 0) is 31.0 Å². The molecule has 1 aliphatic heterocycles. The Morgan fingerprint density at radius 1 is 1.42 bits per heavy atom. The molecule has 1 atom stereocenters. The van der Waals surface area contributed by atoms with Crippen molar-refractivity contribution in [3.8, 4) is 5.75 Å². The third-order valence-corrected chi connectivity index (χ3v) is 5.21. The molecule has 104 valence electrons. The number of benzene rings is 1. The van der Waals surface area contributed by atoms with E-state index in [4.69, 9.17) is 0 Å². The van der Waals surface area contributed by atoms with E-state index in [9.17, 15) is 18.3 Å². The fourth-order valence-corrected chi connectivity index (χ4v) is 4.03. The zero-order valence-electron chi connectivity index (χ0n) is 11.0. The molecular weight excluding hydrogens is 266 g/mol. The van der Waals surface area contributed by atoms with E-state index in [0.29, 0.717) is 6.42 Å². The molecule has 5 nitrogen and oxygen atoms in total. The molecule has 1 aromatic rings. The minimum Gasteiger partial charge on any atom is -0.507 e. The molecule has 0 radical (unpaired) electrons. The molecule has 0 aromatic heterocycles. The van der Waals surface area contributed by atoms with Crippen LogP contribution in [0.25, 0.3) is 0 Å². The summed E-state index contributed by atoms with van der Waals surface area (Å²) in [7, 11) is -1.45. The van der Waals surface area contributed by atoms with Gasteiger partial charge in [0, 0.05) is 13.1 Å². The first-order chi connectivity index (χ1) is 8.80. The van der Waals surface area contributed by atoms with Gasteiger partial charge in [0.05, 0.1) is 17.1 Å². The maximum atomic E-state index is 12.2. The van der Waals surface area contributed by atoms with Gasteiger partial charge >= 0.3 is 0 Å². The molecule has 1 heterocycles. The Balaban J connectivity index is 2.20. The van der Waals surface area contributed by atoms with Crippen LogP contribution in [-0.4, -0.2) is 48.9 Å². The van der Waals surface area contributed by atoms with E-state index >= 15 is 0 Å². The highest BCUT2D eigenvalue weighted by Gasteiger charge is 2.33. The van der Waals surface area contributed by atoms with Crippen LogP contribution in [0.4, 0.5) is 0 Å². The van der Waals surface area contributed by atoms with Gasteiger partial charge in [0.1, 0.15) is 5.75 Å². The van der Waals surface area contributed by atoms with E-state index in [2.05, 4.69) is 0 Å². The van der Waals surface area contributed by atoms with Crippen LogP contribution in [0.3, 0.4) is 0 Å². The van der Waals surface area contributed by atoms with Gasteiger partial charge in [-0.2, -0.15) is 0 Å². The normalized spacial score (nSPS) is 21.3. The quantitative estimate of drug-likeness (QED) is 0.877. The molecule has 1 saturated heterocycles. The molecule has 0 saturated carbocycles. The lowest BCUT2D eigenvalue weighted by atomic mass is 10.1. The number of nitrogens with zero attached hydrogens (tertiary/aromatic N) is 1. The number of carbonyl (C=O) groups excluding carboxylic acids is 1. The lowest BCUT2D eigenvalue weighted by Crippen LogP contribution is -2.37. The van der Waals surface area contributed by atoms with Crippen LogP contribution in [-0.2, 0) is 9.84 Å². The lowest BCUT2D eigenvalue weighted by Gasteiger charge is -2.23. The predicted octanol–water partition coefficient (Wildman–Crippen LogP) is 0.960. The van der Waals surface area contributed by atoms with Crippen molar-refractivity contribution in [3.63, 3.8) is 0 Å². The van der Waals surface area contributed by atoms with Crippen molar-refractivity contribution in [1.29, 1.82) is 0 Å². The average Bonchev–Trinajstić information content (AvgIpc) is 2.68. The predicted molar refractivity (Wildman–Crippen MR) is 72.0 cm³/mol. The smallest absolute Gasteiger partial charge is 0.257 e. The van der Waals surface area contributed by atoms with Crippen molar-refractivity contribution in [2.24, 2.45) is 0 Å². The van der Waals surface area contributed by atoms with Crippen LogP contribution in [0.2, 0.25) is 0 Å². The summed E-state index contributed by atoms with van der Waals surface area (Å²) in [5, 5.41) is 9.79. The summed E-state index contributed by atoms with van der Waals surface area (Å²) in [6, 6.07) is 4.52. The Kier molecular flexibility index (Phi) is 3.54. The molecule has 19 heavy (non-hydrogen) atoms. The van der Waals surface area contributed by atoms with Crippen LogP contribution in [0.1, 0.15) is 22.3 Å². The number of aryl methyl sites for hydroxylation is 1. The number of sulfone groups is 1. The van der Waals surface area contributed by atoms with Crippen molar-refractivity contribution in [2.75, 3.05) is 18.6 Å².